The first-order valence-corrected chi connectivity index (χ1v) is 10.9. The van der Waals surface area contributed by atoms with Gasteiger partial charge in [0.25, 0.3) is 5.91 Å². The molecule has 2 amide bonds. The van der Waals surface area contributed by atoms with Crippen LogP contribution in [0.4, 0.5) is 5.13 Å². The Morgan fingerprint density at radius 1 is 1.17 bits per heavy atom. The van der Waals surface area contributed by atoms with Crippen LogP contribution in [0.5, 0.6) is 11.5 Å². The summed E-state index contributed by atoms with van der Waals surface area (Å²) in [5, 5.41) is 7.95. The van der Waals surface area contributed by atoms with E-state index in [2.05, 4.69) is 31.5 Å². The lowest BCUT2D eigenvalue weighted by molar-refractivity contribution is -0.119. The molecule has 0 aliphatic carbocycles. The van der Waals surface area contributed by atoms with E-state index in [1.807, 2.05) is 17.5 Å². The first-order chi connectivity index (χ1) is 13.9. The lowest BCUT2D eigenvalue weighted by Gasteiger charge is -2.11. The van der Waals surface area contributed by atoms with Gasteiger partial charge in [-0.15, -0.1) is 22.7 Å². The number of hydrogen-bond acceptors (Lipinski definition) is 7. The first kappa shape index (κ1) is 21.3. The van der Waals surface area contributed by atoms with E-state index in [1.54, 1.807) is 23.5 Å². The number of benzene rings is 1. The minimum atomic E-state index is -0.312. The van der Waals surface area contributed by atoms with Crippen LogP contribution in [0, 0.1) is 0 Å². The number of aromatic nitrogens is 1. The number of thiophene rings is 1. The van der Waals surface area contributed by atoms with Gasteiger partial charge in [-0.05, 0) is 40.2 Å². The summed E-state index contributed by atoms with van der Waals surface area (Å²) < 4.78 is 11.2. The Bertz CT molecular complexity index is 1020. The minimum absolute atomic E-state index is 0.0696. The van der Waals surface area contributed by atoms with Gasteiger partial charge in [0.1, 0.15) is 16.0 Å². The van der Waals surface area contributed by atoms with Crippen LogP contribution < -0.4 is 20.1 Å². The van der Waals surface area contributed by atoms with E-state index in [0.29, 0.717) is 33.2 Å². The zero-order valence-electron chi connectivity index (χ0n) is 15.9. The van der Waals surface area contributed by atoms with Crippen molar-refractivity contribution in [3.05, 3.63) is 44.6 Å². The third-order valence-electron chi connectivity index (χ3n) is 3.86. The molecule has 0 unspecified atom stereocenters. The molecule has 0 spiro atoms. The van der Waals surface area contributed by atoms with E-state index in [-0.39, 0.29) is 11.8 Å². The normalized spacial score (nSPS) is 10.5. The third kappa shape index (κ3) is 5.14. The van der Waals surface area contributed by atoms with E-state index in [4.69, 9.17) is 9.47 Å². The number of amides is 2. The van der Waals surface area contributed by atoms with Crippen molar-refractivity contribution in [1.82, 2.24) is 10.3 Å². The number of anilines is 1. The topological polar surface area (TPSA) is 89.5 Å². The Hall–Kier alpha value is -2.43. The quantitative estimate of drug-likeness (QED) is 0.502. The molecule has 0 atom stereocenters. The standard InChI is InChI=1S/C19H18BrN3O4S2/c1-10(24)21-8-12-4-5-16(29-12)13-9-28-19(22-13)23-18(25)11-6-14(26-2)17(20)15(7-11)27-3/h4-7,9H,8H2,1-3H3,(H,21,24)(H,22,23,25). The summed E-state index contributed by atoms with van der Waals surface area (Å²) in [5.41, 5.74) is 1.17. The van der Waals surface area contributed by atoms with Crippen molar-refractivity contribution in [3.8, 4) is 22.1 Å². The number of hydrogen-bond donors (Lipinski definition) is 2. The summed E-state index contributed by atoms with van der Waals surface area (Å²) in [6.45, 7) is 1.97. The molecule has 0 bridgehead atoms. The fourth-order valence-corrected chi connectivity index (χ4v) is 4.68. The van der Waals surface area contributed by atoms with Gasteiger partial charge in [-0.3, -0.25) is 14.9 Å². The average Bonchev–Trinajstić information content (AvgIpc) is 3.35. The molecule has 0 aliphatic heterocycles. The number of thiazole rings is 1. The molecule has 0 saturated carbocycles. The molecule has 3 rings (SSSR count). The van der Waals surface area contributed by atoms with E-state index in [9.17, 15) is 9.59 Å². The Balaban J connectivity index is 1.73. The SMILES string of the molecule is COc1cc(C(=O)Nc2nc(-c3ccc(CNC(C)=O)s3)cs2)cc(OC)c1Br. The maximum Gasteiger partial charge on any atom is 0.257 e. The monoisotopic (exact) mass is 495 g/mol. The van der Waals surface area contributed by atoms with Crippen molar-refractivity contribution in [3.63, 3.8) is 0 Å². The number of halogens is 1. The highest BCUT2D eigenvalue weighted by atomic mass is 79.9. The van der Waals surface area contributed by atoms with Crippen LogP contribution in [0.15, 0.2) is 34.1 Å². The lowest BCUT2D eigenvalue weighted by atomic mass is 10.2. The van der Waals surface area contributed by atoms with Gasteiger partial charge in [-0.2, -0.15) is 0 Å². The highest BCUT2D eigenvalue weighted by molar-refractivity contribution is 9.10. The van der Waals surface area contributed by atoms with Gasteiger partial charge >= 0.3 is 0 Å². The molecule has 7 nitrogen and oxygen atoms in total. The van der Waals surface area contributed by atoms with Crippen molar-refractivity contribution < 1.29 is 19.1 Å². The van der Waals surface area contributed by atoms with E-state index < -0.39 is 0 Å². The molecular formula is C19H18BrN3O4S2. The zero-order chi connectivity index (χ0) is 21.0. The first-order valence-electron chi connectivity index (χ1n) is 8.43. The number of carbonyl (C=O) groups is 2. The Morgan fingerprint density at radius 3 is 2.48 bits per heavy atom. The summed E-state index contributed by atoms with van der Waals surface area (Å²) in [7, 11) is 3.05. The van der Waals surface area contributed by atoms with Gasteiger partial charge in [0.2, 0.25) is 5.91 Å². The molecule has 0 aliphatic rings. The maximum absolute atomic E-state index is 12.7. The lowest BCUT2D eigenvalue weighted by Crippen LogP contribution is -2.17. The molecule has 10 heteroatoms. The van der Waals surface area contributed by atoms with Crippen LogP contribution >= 0.6 is 38.6 Å². The summed E-state index contributed by atoms with van der Waals surface area (Å²) in [5.74, 6) is 0.617. The Labute approximate surface area is 184 Å². The summed E-state index contributed by atoms with van der Waals surface area (Å²) in [6, 6.07) is 7.16. The van der Waals surface area contributed by atoms with Gasteiger partial charge in [-0.1, -0.05) is 0 Å². The third-order valence-corrected chi connectivity index (χ3v) is 6.51. The molecule has 2 aromatic heterocycles. The number of nitrogens with one attached hydrogen (secondary N) is 2. The largest absolute Gasteiger partial charge is 0.495 e. The van der Waals surface area contributed by atoms with Gasteiger partial charge in [-0.25, -0.2) is 4.98 Å². The van der Waals surface area contributed by atoms with Crippen LogP contribution in [0.25, 0.3) is 10.6 Å². The molecule has 1 aromatic carbocycles. The molecule has 3 aromatic rings. The van der Waals surface area contributed by atoms with Crippen LogP contribution in [0.3, 0.4) is 0 Å². The second kappa shape index (κ2) is 9.38. The summed E-state index contributed by atoms with van der Waals surface area (Å²) in [4.78, 5) is 30.2. The van der Waals surface area contributed by atoms with E-state index in [1.165, 1.54) is 32.5 Å². The van der Waals surface area contributed by atoms with Crippen LogP contribution in [-0.4, -0.2) is 31.0 Å². The van der Waals surface area contributed by atoms with Crippen molar-refractivity contribution >= 4 is 55.5 Å². The number of rotatable bonds is 7. The predicted octanol–water partition coefficient (Wildman–Crippen LogP) is 4.54. The highest BCUT2D eigenvalue weighted by Crippen LogP contribution is 2.36. The molecule has 29 heavy (non-hydrogen) atoms. The smallest absolute Gasteiger partial charge is 0.257 e. The highest BCUT2D eigenvalue weighted by Gasteiger charge is 2.16. The van der Waals surface area contributed by atoms with Gasteiger partial charge in [0.15, 0.2) is 5.13 Å². The molecule has 2 heterocycles. The Kier molecular flexibility index (Phi) is 6.88. The maximum atomic E-state index is 12.7. The predicted molar refractivity (Wildman–Crippen MR) is 118 cm³/mol. The summed E-state index contributed by atoms with van der Waals surface area (Å²) in [6.07, 6.45) is 0. The van der Waals surface area contributed by atoms with Crippen LogP contribution in [-0.2, 0) is 11.3 Å². The van der Waals surface area contributed by atoms with Crippen LogP contribution in [0.1, 0.15) is 22.2 Å². The zero-order valence-corrected chi connectivity index (χ0v) is 19.1. The van der Waals surface area contributed by atoms with E-state index in [0.717, 1.165) is 15.4 Å². The second-order valence-electron chi connectivity index (χ2n) is 5.86. The minimum Gasteiger partial charge on any atom is -0.495 e. The fraction of sp³-hybridized carbons (Fsp3) is 0.211. The van der Waals surface area contributed by atoms with Crippen molar-refractivity contribution in [2.45, 2.75) is 13.5 Å². The fourth-order valence-electron chi connectivity index (χ4n) is 2.44. The number of carbonyl (C=O) groups excluding carboxylic acids is 2. The molecule has 152 valence electrons. The van der Waals surface area contributed by atoms with Gasteiger partial charge in [0.05, 0.1) is 31.3 Å². The van der Waals surface area contributed by atoms with Gasteiger partial charge in [0, 0.05) is 22.7 Å². The molecule has 0 fully saturated rings. The number of ether oxygens (including phenoxy) is 2. The van der Waals surface area contributed by atoms with Crippen LogP contribution in [0.2, 0.25) is 0 Å². The number of methoxy groups -OCH3 is 2. The van der Waals surface area contributed by atoms with Crippen molar-refractivity contribution in [1.29, 1.82) is 0 Å². The average molecular weight is 496 g/mol. The van der Waals surface area contributed by atoms with E-state index >= 15 is 0 Å². The van der Waals surface area contributed by atoms with Crippen molar-refractivity contribution in [2.75, 3.05) is 19.5 Å². The molecule has 0 saturated heterocycles. The molecule has 2 N–H and O–H groups in total. The van der Waals surface area contributed by atoms with Crippen molar-refractivity contribution in [2.24, 2.45) is 0 Å². The molecule has 0 radical (unpaired) electrons. The Morgan fingerprint density at radius 2 is 1.86 bits per heavy atom. The second-order valence-corrected chi connectivity index (χ2v) is 8.68. The number of nitrogens with zero attached hydrogens (tertiary/aromatic N) is 1. The summed E-state index contributed by atoms with van der Waals surface area (Å²) >= 11 is 6.27. The van der Waals surface area contributed by atoms with Gasteiger partial charge < -0.3 is 14.8 Å². The molecular weight excluding hydrogens is 478 g/mol.